The number of nitrogens with one attached hydrogen (secondary N) is 1. The zero-order valence-corrected chi connectivity index (χ0v) is 14.1. The second kappa shape index (κ2) is 8.96. The van der Waals surface area contributed by atoms with Crippen molar-refractivity contribution in [1.82, 2.24) is 10.3 Å². The van der Waals surface area contributed by atoms with E-state index in [0.717, 1.165) is 36.0 Å². The molecule has 0 radical (unpaired) electrons. The van der Waals surface area contributed by atoms with Crippen LogP contribution in [0.5, 0.6) is 0 Å². The SMILES string of the molecule is CCCNC(CCCc1ccccc1)c1ccc(Br)cn1. The average molecular weight is 347 g/mol. The van der Waals surface area contributed by atoms with E-state index < -0.39 is 0 Å². The molecule has 2 nitrogen and oxygen atoms in total. The molecule has 0 aliphatic heterocycles. The largest absolute Gasteiger partial charge is 0.309 e. The third kappa shape index (κ3) is 5.60. The first kappa shape index (κ1) is 16.2. The number of pyridine rings is 1. The fourth-order valence-corrected chi connectivity index (χ4v) is 2.66. The summed E-state index contributed by atoms with van der Waals surface area (Å²) in [6.45, 7) is 3.23. The fourth-order valence-electron chi connectivity index (χ4n) is 2.42. The molecule has 112 valence electrons. The minimum atomic E-state index is 0.349. The van der Waals surface area contributed by atoms with Gasteiger partial charge in [0.1, 0.15) is 0 Å². The topological polar surface area (TPSA) is 24.9 Å². The van der Waals surface area contributed by atoms with Crippen molar-refractivity contribution in [2.75, 3.05) is 6.54 Å². The first-order chi connectivity index (χ1) is 10.3. The Hall–Kier alpha value is -1.19. The number of aryl methyl sites for hydroxylation is 1. The number of halogens is 1. The molecular weight excluding hydrogens is 324 g/mol. The van der Waals surface area contributed by atoms with E-state index in [1.54, 1.807) is 0 Å². The number of aromatic nitrogens is 1. The molecule has 0 saturated carbocycles. The van der Waals surface area contributed by atoms with Crippen LogP contribution in [0.25, 0.3) is 0 Å². The van der Waals surface area contributed by atoms with E-state index in [9.17, 15) is 0 Å². The molecule has 1 aromatic heterocycles. The molecule has 1 aromatic carbocycles. The summed E-state index contributed by atoms with van der Waals surface area (Å²) in [6, 6.07) is 15.2. The molecule has 1 heterocycles. The maximum atomic E-state index is 4.55. The van der Waals surface area contributed by atoms with Crippen molar-refractivity contribution in [2.24, 2.45) is 0 Å². The van der Waals surface area contributed by atoms with Crippen LogP contribution in [-0.2, 0) is 6.42 Å². The maximum absolute atomic E-state index is 4.55. The van der Waals surface area contributed by atoms with Gasteiger partial charge in [-0.2, -0.15) is 0 Å². The van der Waals surface area contributed by atoms with Crippen molar-refractivity contribution in [3.05, 3.63) is 64.4 Å². The molecule has 0 bridgehead atoms. The normalized spacial score (nSPS) is 12.3. The van der Waals surface area contributed by atoms with E-state index in [1.807, 2.05) is 6.20 Å². The van der Waals surface area contributed by atoms with Crippen LogP contribution in [0, 0.1) is 0 Å². The Kier molecular flexibility index (Phi) is 6.90. The lowest BCUT2D eigenvalue weighted by Crippen LogP contribution is -2.23. The van der Waals surface area contributed by atoms with Gasteiger partial charge in [-0.05, 0) is 65.9 Å². The summed E-state index contributed by atoms with van der Waals surface area (Å²) >= 11 is 3.45. The van der Waals surface area contributed by atoms with E-state index in [4.69, 9.17) is 0 Å². The lowest BCUT2D eigenvalue weighted by molar-refractivity contribution is 0.474. The number of hydrogen-bond donors (Lipinski definition) is 1. The fraction of sp³-hybridized carbons (Fsp3) is 0.389. The van der Waals surface area contributed by atoms with Gasteiger partial charge in [-0.3, -0.25) is 4.98 Å². The second-order valence-electron chi connectivity index (χ2n) is 5.29. The zero-order chi connectivity index (χ0) is 14.9. The standard InChI is InChI=1S/C18H23BrN2/c1-2-13-20-17(18-12-11-16(19)14-21-18)10-6-9-15-7-4-3-5-8-15/h3-5,7-8,11-12,14,17,20H,2,6,9-10,13H2,1H3. The lowest BCUT2D eigenvalue weighted by Gasteiger charge is -2.18. The van der Waals surface area contributed by atoms with Crippen molar-refractivity contribution in [3.8, 4) is 0 Å². The molecule has 21 heavy (non-hydrogen) atoms. The lowest BCUT2D eigenvalue weighted by atomic mass is 10.0. The van der Waals surface area contributed by atoms with E-state index >= 15 is 0 Å². The van der Waals surface area contributed by atoms with Gasteiger partial charge in [0.2, 0.25) is 0 Å². The third-order valence-electron chi connectivity index (χ3n) is 3.55. The number of rotatable bonds is 8. The Bertz CT molecular complexity index is 511. The highest BCUT2D eigenvalue weighted by Gasteiger charge is 2.11. The van der Waals surface area contributed by atoms with Crippen LogP contribution in [0.1, 0.15) is 43.5 Å². The van der Waals surface area contributed by atoms with E-state index in [2.05, 4.69) is 75.6 Å². The summed E-state index contributed by atoms with van der Waals surface area (Å²) in [5.74, 6) is 0. The molecular formula is C18H23BrN2. The van der Waals surface area contributed by atoms with Crippen LogP contribution in [0.15, 0.2) is 53.1 Å². The first-order valence-electron chi connectivity index (χ1n) is 7.68. The molecule has 1 atom stereocenters. The molecule has 2 rings (SSSR count). The van der Waals surface area contributed by atoms with Crippen molar-refractivity contribution >= 4 is 15.9 Å². The number of nitrogens with zero attached hydrogens (tertiary/aromatic N) is 1. The Morgan fingerprint density at radius 3 is 2.62 bits per heavy atom. The van der Waals surface area contributed by atoms with Crippen LogP contribution in [0.2, 0.25) is 0 Å². The third-order valence-corrected chi connectivity index (χ3v) is 4.02. The summed E-state index contributed by atoms with van der Waals surface area (Å²) in [7, 11) is 0. The molecule has 1 unspecified atom stereocenters. The minimum Gasteiger partial charge on any atom is -0.309 e. The molecule has 2 aromatic rings. The van der Waals surface area contributed by atoms with Gasteiger partial charge in [0.15, 0.2) is 0 Å². The quantitative estimate of drug-likeness (QED) is 0.734. The Balaban J connectivity index is 1.91. The van der Waals surface area contributed by atoms with Gasteiger partial charge in [-0.15, -0.1) is 0 Å². The highest BCUT2D eigenvalue weighted by Crippen LogP contribution is 2.19. The van der Waals surface area contributed by atoms with Crippen LogP contribution < -0.4 is 5.32 Å². The first-order valence-corrected chi connectivity index (χ1v) is 8.47. The molecule has 0 saturated heterocycles. The van der Waals surface area contributed by atoms with Crippen LogP contribution in [0.3, 0.4) is 0 Å². The smallest absolute Gasteiger partial charge is 0.0574 e. The van der Waals surface area contributed by atoms with E-state index in [1.165, 1.54) is 12.0 Å². The van der Waals surface area contributed by atoms with Crippen molar-refractivity contribution in [1.29, 1.82) is 0 Å². The van der Waals surface area contributed by atoms with E-state index in [-0.39, 0.29) is 0 Å². The highest BCUT2D eigenvalue weighted by atomic mass is 79.9. The molecule has 3 heteroatoms. The number of hydrogen-bond acceptors (Lipinski definition) is 2. The predicted octanol–water partition coefficient (Wildman–Crippen LogP) is 4.91. The summed E-state index contributed by atoms with van der Waals surface area (Å²) in [5, 5.41) is 3.61. The maximum Gasteiger partial charge on any atom is 0.0574 e. The second-order valence-corrected chi connectivity index (χ2v) is 6.20. The van der Waals surface area contributed by atoms with Gasteiger partial charge < -0.3 is 5.32 Å². The Labute approximate surface area is 136 Å². The molecule has 0 aliphatic carbocycles. The van der Waals surface area contributed by atoms with E-state index in [0.29, 0.717) is 6.04 Å². The van der Waals surface area contributed by atoms with Crippen molar-refractivity contribution < 1.29 is 0 Å². The van der Waals surface area contributed by atoms with Crippen LogP contribution in [0.4, 0.5) is 0 Å². The highest BCUT2D eigenvalue weighted by molar-refractivity contribution is 9.10. The summed E-state index contributed by atoms with van der Waals surface area (Å²) in [6.07, 6.45) is 6.44. The summed E-state index contributed by atoms with van der Waals surface area (Å²) in [4.78, 5) is 4.55. The molecule has 0 aliphatic rings. The van der Waals surface area contributed by atoms with Crippen LogP contribution in [-0.4, -0.2) is 11.5 Å². The minimum absolute atomic E-state index is 0.349. The van der Waals surface area contributed by atoms with Crippen LogP contribution >= 0.6 is 15.9 Å². The zero-order valence-electron chi connectivity index (χ0n) is 12.6. The number of benzene rings is 1. The molecule has 0 amide bonds. The van der Waals surface area contributed by atoms with Gasteiger partial charge in [0.05, 0.1) is 5.69 Å². The van der Waals surface area contributed by atoms with Gasteiger partial charge >= 0.3 is 0 Å². The van der Waals surface area contributed by atoms with Gasteiger partial charge in [-0.25, -0.2) is 0 Å². The van der Waals surface area contributed by atoms with Gasteiger partial charge in [-0.1, -0.05) is 37.3 Å². The van der Waals surface area contributed by atoms with Crippen molar-refractivity contribution in [3.63, 3.8) is 0 Å². The predicted molar refractivity (Wildman–Crippen MR) is 92.4 cm³/mol. The molecule has 0 fully saturated rings. The Morgan fingerprint density at radius 1 is 1.14 bits per heavy atom. The molecule has 1 N–H and O–H groups in total. The Morgan fingerprint density at radius 2 is 1.95 bits per heavy atom. The van der Waals surface area contributed by atoms with Crippen molar-refractivity contribution in [2.45, 2.75) is 38.6 Å². The molecule has 0 spiro atoms. The summed E-state index contributed by atoms with van der Waals surface area (Å²) in [5.41, 5.74) is 2.55. The van der Waals surface area contributed by atoms with Gasteiger partial charge in [0, 0.05) is 16.7 Å². The monoisotopic (exact) mass is 346 g/mol. The van der Waals surface area contributed by atoms with Gasteiger partial charge in [0.25, 0.3) is 0 Å². The average Bonchev–Trinajstić information content (AvgIpc) is 2.53. The summed E-state index contributed by atoms with van der Waals surface area (Å²) < 4.78 is 1.03.